The third kappa shape index (κ3) is 3.09. The van der Waals surface area contributed by atoms with Crippen molar-refractivity contribution in [3.05, 3.63) is 59.2 Å². The number of nitrogens with two attached hydrogens (primary N) is 2. The van der Waals surface area contributed by atoms with Crippen LogP contribution in [0.15, 0.2) is 42.5 Å². The van der Waals surface area contributed by atoms with Crippen LogP contribution in [0, 0.1) is 6.92 Å². The van der Waals surface area contributed by atoms with Crippen molar-refractivity contribution in [1.82, 2.24) is 0 Å². The Morgan fingerprint density at radius 1 is 1.20 bits per heavy atom. The normalized spacial score (nSPS) is 10.3. The van der Waals surface area contributed by atoms with Gasteiger partial charge in [0.2, 0.25) is 5.91 Å². The molecule has 0 spiro atoms. The molecule has 4 heteroatoms. The quantitative estimate of drug-likeness (QED) is 0.837. The summed E-state index contributed by atoms with van der Waals surface area (Å²) in [5.74, 6) is -0.449. The molecule has 0 saturated heterocycles. The molecule has 2 aromatic carbocycles. The Kier molecular flexibility index (Phi) is 3.94. The summed E-state index contributed by atoms with van der Waals surface area (Å²) in [6.45, 7) is 2.78. The minimum absolute atomic E-state index is 0.449. The average Bonchev–Trinajstić information content (AvgIpc) is 2.38. The van der Waals surface area contributed by atoms with Crippen LogP contribution in [-0.4, -0.2) is 13.0 Å². The number of amides is 1. The van der Waals surface area contributed by atoms with Crippen LogP contribution in [0.4, 0.5) is 11.4 Å². The fourth-order valence-electron chi connectivity index (χ4n) is 2.20. The fraction of sp³-hybridized carbons (Fsp3) is 0.188. The second kappa shape index (κ2) is 5.65. The number of nitrogen functional groups attached to an aromatic ring is 1. The molecular formula is C16H19N3O. The second-order valence-corrected chi connectivity index (χ2v) is 4.98. The highest BCUT2D eigenvalue weighted by molar-refractivity contribution is 5.95. The van der Waals surface area contributed by atoms with Crippen LogP contribution in [-0.2, 0) is 6.54 Å². The molecular weight excluding hydrogens is 250 g/mol. The van der Waals surface area contributed by atoms with Gasteiger partial charge in [-0.2, -0.15) is 0 Å². The number of aryl methyl sites for hydroxylation is 1. The van der Waals surface area contributed by atoms with Gasteiger partial charge in [0, 0.05) is 19.2 Å². The zero-order valence-corrected chi connectivity index (χ0v) is 11.8. The number of hydrogen-bond donors (Lipinski definition) is 2. The molecule has 0 atom stereocenters. The van der Waals surface area contributed by atoms with E-state index < -0.39 is 5.91 Å². The Labute approximate surface area is 119 Å². The van der Waals surface area contributed by atoms with Crippen molar-refractivity contribution in [2.24, 2.45) is 5.73 Å². The molecule has 20 heavy (non-hydrogen) atoms. The molecule has 1 amide bonds. The van der Waals surface area contributed by atoms with Crippen molar-refractivity contribution < 1.29 is 4.79 Å². The van der Waals surface area contributed by atoms with Crippen molar-refractivity contribution in [1.29, 1.82) is 0 Å². The van der Waals surface area contributed by atoms with E-state index >= 15 is 0 Å². The third-order valence-corrected chi connectivity index (χ3v) is 3.23. The van der Waals surface area contributed by atoms with Gasteiger partial charge in [-0.15, -0.1) is 0 Å². The van der Waals surface area contributed by atoms with Gasteiger partial charge in [0.15, 0.2) is 0 Å². The highest BCUT2D eigenvalue weighted by Gasteiger charge is 2.09. The van der Waals surface area contributed by atoms with Crippen molar-refractivity contribution in [3.8, 4) is 0 Å². The van der Waals surface area contributed by atoms with Gasteiger partial charge in [-0.25, -0.2) is 0 Å². The molecule has 0 aliphatic carbocycles. The Bertz CT molecular complexity index is 637. The lowest BCUT2D eigenvalue weighted by molar-refractivity contribution is 0.100. The largest absolute Gasteiger partial charge is 0.397 e. The van der Waals surface area contributed by atoms with Gasteiger partial charge in [-0.05, 0) is 30.7 Å². The van der Waals surface area contributed by atoms with Crippen molar-refractivity contribution in [2.45, 2.75) is 13.5 Å². The molecule has 4 nitrogen and oxygen atoms in total. The number of carbonyl (C=O) groups excluding carboxylic acids is 1. The Hall–Kier alpha value is -2.49. The van der Waals surface area contributed by atoms with E-state index in [4.69, 9.17) is 11.5 Å². The van der Waals surface area contributed by atoms with Crippen LogP contribution in [0.2, 0.25) is 0 Å². The summed E-state index contributed by atoms with van der Waals surface area (Å²) in [4.78, 5) is 13.3. The molecule has 104 valence electrons. The predicted octanol–water partition coefficient (Wildman–Crippen LogP) is 2.31. The number of carbonyl (C=O) groups is 1. The van der Waals surface area contributed by atoms with E-state index in [1.807, 2.05) is 18.0 Å². The number of anilines is 2. The topological polar surface area (TPSA) is 72.3 Å². The molecule has 2 aromatic rings. The van der Waals surface area contributed by atoms with Gasteiger partial charge in [0.25, 0.3) is 0 Å². The molecule has 0 saturated carbocycles. The summed E-state index contributed by atoms with van der Waals surface area (Å²) in [5, 5.41) is 0. The zero-order valence-electron chi connectivity index (χ0n) is 11.8. The van der Waals surface area contributed by atoms with E-state index in [0.29, 0.717) is 17.8 Å². The standard InChI is InChI=1S/C16H19N3O/c1-11-4-3-5-12(8-11)10-19(2)15-9-13(16(18)20)6-7-14(15)17/h3-9H,10,17H2,1-2H3,(H2,18,20). The number of hydrogen-bond acceptors (Lipinski definition) is 3. The zero-order chi connectivity index (χ0) is 14.7. The highest BCUT2D eigenvalue weighted by atomic mass is 16.1. The van der Waals surface area contributed by atoms with Crippen molar-refractivity contribution >= 4 is 17.3 Å². The maximum Gasteiger partial charge on any atom is 0.248 e. The lowest BCUT2D eigenvalue weighted by Crippen LogP contribution is -2.19. The Morgan fingerprint density at radius 2 is 1.95 bits per heavy atom. The first-order valence-electron chi connectivity index (χ1n) is 6.43. The number of primary amides is 1. The molecule has 0 fully saturated rings. The van der Waals surface area contributed by atoms with Gasteiger partial charge >= 0.3 is 0 Å². The molecule has 0 aliphatic heterocycles. The number of rotatable bonds is 4. The first-order chi connectivity index (χ1) is 9.47. The van der Waals surface area contributed by atoms with Crippen LogP contribution in [0.5, 0.6) is 0 Å². The number of benzene rings is 2. The van der Waals surface area contributed by atoms with Crippen LogP contribution >= 0.6 is 0 Å². The third-order valence-electron chi connectivity index (χ3n) is 3.23. The van der Waals surface area contributed by atoms with Gasteiger partial charge in [-0.3, -0.25) is 4.79 Å². The van der Waals surface area contributed by atoms with Crippen LogP contribution in [0.1, 0.15) is 21.5 Å². The smallest absolute Gasteiger partial charge is 0.248 e. The summed E-state index contributed by atoms with van der Waals surface area (Å²) in [6.07, 6.45) is 0. The van der Waals surface area contributed by atoms with E-state index in [0.717, 1.165) is 5.69 Å². The first-order valence-corrected chi connectivity index (χ1v) is 6.43. The molecule has 0 bridgehead atoms. The van der Waals surface area contributed by atoms with Crippen LogP contribution < -0.4 is 16.4 Å². The maximum atomic E-state index is 11.3. The summed E-state index contributed by atoms with van der Waals surface area (Å²) >= 11 is 0. The van der Waals surface area contributed by atoms with Crippen LogP contribution in [0.3, 0.4) is 0 Å². The van der Waals surface area contributed by atoms with E-state index in [1.54, 1.807) is 18.2 Å². The SMILES string of the molecule is Cc1cccc(CN(C)c2cc(C(N)=O)ccc2N)c1. The minimum Gasteiger partial charge on any atom is -0.397 e. The van der Waals surface area contributed by atoms with E-state index in [9.17, 15) is 4.79 Å². The van der Waals surface area contributed by atoms with Crippen molar-refractivity contribution in [2.75, 3.05) is 17.7 Å². The number of nitrogens with zero attached hydrogens (tertiary/aromatic N) is 1. The molecule has 0 unspecified atom stereocenters. The Balaban J connectivity index is 2.26. The average molecular weight is 269 g/mol. The highest BCUT2D eigenvalue weighted by Crippen LogP contribution is 2.25. The molecule has 0 heterocycles. The van der Waals surface area contributed by atoms with Gasteiger partial charge < -0.3 is 16.4 Å². The lowest BCUT2D eigenvalue weighted by atomic mass is 10.1. The van der Waals surface area contributed by atoms with Gasteiger partial charge in [0.05, 0.1) is 11.4 Å². The maximum absolute atomic E-state index is 11.3. The van der Waals surface area contributed by atoms with Gasteiger partial charge in [-0.1, -0.05) is 29.8 Å². The summed E-state index contributed by atoms with van der Waals surface area (Å²) < 4.78 is 0. The summed E-state index contributed by atoms with van der Waals surface area (Å²) in [6, 6.07) is 13.4. The van der Waals surface area contributed by atoms with Crippen molar-refractivity contribution in [3.63, 3.8) is 0 Å². The molecule has 4 N–H and O–H groups in total. The molecule has 0 radical (unpaired) electrons. The lowest BCUT2D eigenvalue weighted by Gasteiger charge is -2.22. The molecule has 0 aliphatic rings. The van der Waals surface area contributed by atoms with Gasteiger partial charge in [0.1, 0.15) is 0 Å². The van der Waals surface area contributed by atoms with Crippen LogP contribution in [0.25, 0.3) is 0 Å². The minimum atomic E-state index is -0.449. The second-order valence-electron chi connectivity index (χ2n) is 4.98. The Morgan fingerprint density at radius 3 is 2.60 bits per heavy atom. The monoisotopic (exact) mass is 269 g/mol. The summed E-state index contributed by atoms with van der Waals surface area (Å²) in [7, 11) is 1.94. The fourth-order valence-corrected chi connectivity index (χ4v) is 2.20. The predicted molar refractivity (Wildman–Crippen MR) is 82.7 cm³/mol. The van der Waals surface area contributed by atoms with E-state index in [2.05, 4.69) is 25.1 Å². The molecule has 2 rings (SSSR count). The first kappa shape index (κ1) is 13.9. The van der Waals surface area contributed by atoms with E-state index in [-0.39, 0.29) is 0 Å². The molecule has 0 aromatic heterocycles. The summed E-state index contributed by atoms with van der Waals surface area (Å²) in [5.41, 5.74) is 15.6. The van der Waals surface area contributed by atoms with E-state index in [1.165, 1.54) is 11.1 Å².